The summed E-state index contributed by atoms with van der Waals surface area (Å²) in [4.78, 5) is 17.8. The van der Waals surface area contributed by atoms with Gasteiger partial charge in [0, 0.05) is 16.1 Å². The van der Waals surface area contributed by atoms with Gasteiger partial charge in [0.1, 0.15) is 0 Å². The van der Waals surface area contributed by atoms with Crippen molar-refractivity contribution in [1.29, 1.82) is 0 Å². The monoisotopic (exact) mass is 329 g/mol. The highest BCUT2D eigenvalue weighted by Crippen LogP contribution is 2.41. The molecule has 1 heterocycles. The number of halogens is 1. The topological polar surface area (TPSA) is 47.9 Å². The van der Waals surface area contributed by atoms with Gasteiger partial charge < -0.3 is 9.57 Å². The van der Waals surface area contributed by atoms with E-state index in [1.54, 1.807) is 19.1 Å². The van der Waals surface area contributed by atoms with Gasteiger partial charge in [0.2, 0.25) is 0 Å². The third-order valence-corrected chi connectivity index (χ3v) is 4.04. The second-order valence-corrected chi connectivity index (χ2v) is 5.66. The maximum absolute atomic E-state index is 12.0. The molecule has 1 aliphatic rings. The first-order valence-corrected chi connectivity index (χ1v) is 7.77. The number of carbonyl (C=O) groups is 1. The minimum atomic E-state index is -0.839. The molecule has 2 aromatic rings. The zero-order valence-electron chi connectivity index (χ0n) is 12.7. The van der Waals surface area contributed by atoms with Gasteiger partial charge in [-0.05, 0) is 19.1 Å². The number of rotatable bonds is 4. The van der Waals surface area contributed by atoms with Crippen molar-refractivity contribution in [3.8, 4) is 0 Å². The van der Waals surface area contributed by atoms with Gasteiger partial charge in [-0.15, -0.1) is 0 Å². The van der Waals surface area contributed by atoms with E-state index >= 15 is 0 Å². The van der Waals surface area contributed by atoms with Crippen molar-refractivity contribution in [2.24, 2.45) is 5.16 Å². The highest BCUT2D eigenvalue weighted by atomic mass is 35.5. The van der Waals surface area contributed by atoms with Crippen LogP contribution in [-0.4, -0.2) is 18.3 Å². The first-order valence-electron chi connectivity index (χ1n) is 7.39. The SMILES string of the molecule is CCOC(=O)C1=NOC(c2ccccc2)(c2ccc(Cl)cc2)C1. The molecule has 3 rings (SSSR count). The fourth-order valence-electron chi connectivity index (χ4n) is 2.66. The van der Waals surface area contributed by atoms with Crippen molar-refractivity contribution in [2.45, 2.75) is 18.9 Å². The molecule has 0 aromatic heterocycles. The number of hydrogen-bond acceptors (Lipinski definition) is 4. The minimum absolute atomic E-state index is 0.283. The molecule has 0 amide bonds. The molecular formula is C18H16ClNO3. The van der Waals surface area contributed by atoms with E-state index in [1.165, 1.54) is 0 Å². The van der Waals surface area contributed by atoms with E-state index in [4.69, 9.17) is 21.2 Å². The van der Waals surface area contributed by atoms with Crippen molar-refractivity contribution in [2.75, 3.05) is 6.61 Å². The Labute approximate surface area is 139 Å². The number of esters is 1. The summed E-state index contributed by atoms with van der Waals surface area (Å²) in [7, 11) is 0. The van der Waals surface area contributed by atoms with Crippen LogP contribution in [0.3, 0.4) is 0 Å². The molecule has 0 spiro atoms. The number of benzene rings is 2. The van der Waals surface area contributed by atoms with E-state index in [9.17, 15) is 4.79 Å². The maximum Gasteiger partial charge on any atom is 0.356 e. The molecule has 23 heavy (non-hydrogen) atoms. The predicted molar refractivity (Wildman–Crippen MR) is 88.4 cm³/mol. The number of carbonyl (C=O) groups excluding carboxylic acids is 1. The summed E-state index contributed by atoms with van der Waals surface area (Å²) in [5.41, 5.74) is 1.25. The van der Waals surface area contributed by atoms with Crippen LogP contribution in [0.4, 0.5) is 0 Å². The first-order chi connectivity index (χ1) is 11.2. The molecule has 0 N–H and O–H groups in total. The molecule has 118 valence electrons. The average molecular weight is 330 g/mol. The molecule has 1 aliphatic heterocycles. The van der Waals surface area contributed by atoms with Crippen molar-refractivity contribution in [3.63, 3.8) is 0 Å². The number of hydrogen-bond donors (Lipinski definition) is 0. The van der Waals surface area contributed by atoms with Crippen molar-refractivity contribution < 1.29 is 14.4 Å². The molecule has 0 saturated heterocycles. The van der Waals surface area contributed by atoms with Crippen LogP contribution >= 0.6 is 11.6 Å². The Morgan fingerprint density at radius 3 is 2.48 bits per heavy atom. The quantitative estimate of drug-likeness (QED) is 0.799. The van der Waals surface area contributed by atoms with Gasteiger partial charge in [-0.1, -0.05) is 59.2 Å². The molecule has 5 heteroatoms. The van der Waals surface area contributed by atoms with Crippen LogP contribution in [0.1, 0.15) is 24.5 Å². The standard InChI is InChI=1S/C18H16ClNO3/c1-2-22-17(21)16-12-18(23-20-16,13-6-4-3-5-7-13)14-8-10-15(19)11-9-14/h3-11H,2,12H2,1H3. The summed E-state index contributed by atoms with van der Waals surface area (Å²) >= 11 is 5.99. The Balaban J connectivity index is 2.01. The van der Waals surface area contributed by atoms with Crippen molar-refractivity contribution in [3.05, 3.63) is 70.7 Å². The fourth-order valence-corrected chi connectivity index (χ4v) is 2.79. The molecule has 0 radical (unpaired) electrons. The van der Waals surface area contributed by atoms with Crippen LogP contribution in [-0.2, 0) is 20.0 Å². The van der Waals surface area contributed by atoms with E-state index in [-0.39, 0.29) is 5.71 Å². The zero-order chi connectivity index (χ0) is 16.3. The lowest BCUT2D eigenvalue weighted by molar-refractivity contribution is -0.135. The third kappa shape index (κ3) is 2.94. The Morgan fingerprint density at radius 2 is 1.83 bits per heavy atom. The molecule has 1 unspecified atom stereocenters. The molecule has 4 nitrogen and oxygen atoms in total. The summed E-state index contributed by atoms with van der Waals surface area (Å²) < 4.78 is 5.04. The zero-order valence-corrected chi connectivity index (χ0v) is 13.4. The van der Waals surface area contributed by atoms with Gasteiger partial charge >= 0.3 is 5.97 Å². The highest BCUT2D eigenvalue weighted by Gasteiger charge is 2.45. The van der Waals surface area contributed by atoms with Crippen molar-refractivity contribution in [1.82, 2.24) is 0 Å². The Hall–Kier alpha value is -2.33. The summed E-state index contributed by atoms with van der Waals surface area (Å²) in [6, 6.07) is 17.1. The predicted octanol–water partition coefficient (Wildman–Crippen LogP) is 3.92. The van der Waals surface area contributed by atoms with Crippen LogP contribution in [0.25, 0.3) is 0 Å². The lowest BCUT2D eigenvalue weighted by Crippen LogP contribution is -2.29. The largest absolute Gasteiger partial charge is 0.461 e. The first kappa shape index (κ1) is 15.6. The molecule has 0 bridgehead atoms. The number of ether oxygens (including phenoxy) is 1. The normalized spacial score (nSPS) is 19.8. The maximum atomic E-state index is 12.0. The Bertz CT molecular complexity index is 728. The lowest BCUT2D eigenvalue weighted by atomic mass is 9.82. The molecule has 0 fully saturated rings. The van der Waals surface area contributed by atoms with Crippen LogP contribution in [0.15, 0.2) is 59.8 Å². The Morgan fingerprint density at radius 1 is 1.17 bits per heavy atom. The summed E-state index contributed by atoms with van der Waals surface area (Å²) in [5.74, 6) is -0.445. The molecule has 0 aliphatic carbocycles. The van der Waals surface area contributed by atoms with Gasteiger partial charge in [-0.2, -0.15) is 0 Å². The molecule has 2 aromatic carbocycles. The van der Waals surface area contributed by atoms with Crippen molar-refractivity contribution >= 4 is 23.3 Å². The van der Waals surface area contributed by atoms with E-state index in [0.717, 1.165) is 11.1 Å². The Kier molecular flexibility index (Phi) is 4.35. The minimum Gasteiger partial charge on any atom is -0.461 e. The van der Waals surface area contributed by atoms with Crippen LogP contribution in [0.2, 0.25) is 5.02 Å². The van der Waals surface area contributed by atoms with Gasteiger partial charge in [0.15, 0.2) is 11.3 Å². The van der Waals surface area contributed by atoms with E-state index in [0.29, 0.717) is 18.1 Å². The van der Waals surface area contributed by atoms with E-state index < -0.39 is 11.6 Å². The second kappa shape index (κ2) is 6.42. The number of nitrogens with zero attached hydrogens (tertiary/aromatic N) is 1. The lowest BCUT2D eigenvalue weighted by Gasteiger charge is -2.27. The number of oxime groups is 1. The van der Waals surface area contributed by atoms with Crippen LogP contribution in [0.5, 0.6) is 0 Å². The third-order valence-electron chi connectivity index (χ3n) is 3.79. The van der Waals surface area contributed by atoms with Crippen LogP contribution in [0, 0.1) is 0 Å². The summed E-state index contributed by atoms with van der Waals surface area (Å²) in [6.45, 7) is 2.06. The molecular weight excluding hydrogens is 314 g/mol. The summed E-state index contributed by atoms with van der Waals surface area (Å²) in [6.07, 6.45) is 0.317. The van der Waals surface area contributed by atoms with Gasteiger partial charge in [0.05, 0.1) is 13.0 Å². The smallest absolute Gasteiger partial charge is 0.356 e. The van der Waals surface area contributed by atoms with Gasteiger partial charge in [-0.25, -0.2) is 4.79 Å². The second-order valence-electron chi connectivity index (χ2n) is 5.23. The summed E-state index contributed by atoms with van der Waals surface area (Å²) in [5, 5.41) is 4.63. The van der Waals surface area contributed by atoms with Gasteiger partial charge in [0.25, 0.3) is 0 Å². The fraction of sp³-hybridized carbons (Fsp3) is 0.222. The van der Waals surface area contributed by atoms with Crippen LogP contribution < -0.4 is 0 Å². The molecule has 1 atom stereocenters. The van der Waals surface area contributed by atoms with E-state index in [1.807, 2.05) is 42.5 Å². The molecule has 0 saturated carbocycles. The average Bonchev–Trinajstić information content (AvgIpc) is 3.03. The highest BCUT2D eigenvalue weighted by molar-refractivity contribution is 6.37. The van der Waals surface area contributed by atoms with E-state index in [2.05, 4.69) is 5.16 Å². The van der Waals surface area contributed by atoms with Gasteiger partial charge in [-0.3, -0.25) is 0 Å².